The van der Waals surface area contributed by atoms with Crippen molar-refractivity contribution in [2.45, 2.75) is 51.9 Å². The minimum Gasteiger partial charge on any atom is -0.395 e. The van der Waals surface area contributed by atoms with E-state index in [1.165, 1.54) is 0 Å². The largest absolute Gasteiger partial charge is 0.395 e. The Morgan fingerprint density at radius 2 is 1.53 bits per heavy atom. The van der Waals surface area contributed by atoms with Gasteiger partial charge in [-0.05, 0) is 33.6 Å². The van der Waals surface area contributed by atoms with Crippen molar-refractivity contribution in [2.75, 3.05) is 6.61 Å². The second-order valence-corrected chi connectivity index (χ2v) is 10.6. The van der Waals surface area contributed by atoms with E-state index in [0.717, 1.165) is 12.8 Å². The highest BCUT2D eigenvalue weighted by Crippen LogP contribution is 2.37. The van der Waals surface area contributed by atoms with Crippen LogP contribution in [0.5, 0.6) is 0 Å². The molecule has 0 bridgehead atoms. The van der Waals surface area contributed by atoms with E-state index >= 15 is 0 Å². The Hall–Kier alpha value is 1.88. The molecule has 0 spiro atoms. The lowest BCUT2D eigenvalue weighted by Gasteiger charge is -2.30. The molecular weight excluding hydrogens is 456 g/mol. The average Bonchev–Trinajstić information content (AvgIpc) is 2.11. The molecule has 0 fully saturated rings. The van der Waals surface area contributed by atoms with Crippen LogP contribution in [0.2, 0.25) is 0 Å². The van der Waals surface area contributed by atoms with Crippen LogP contribution in [0.3, 0.4) is 0 Å². The van der Waals surface area contributed by atoms with Gasteiger partial charge in [0, 0.05) is 13.5 Å². The lowest BCUT2D eigenvalue weighted by atomic mass is 9.97. The first-order valence-electron chi connectivity index (χ1n) is 4.88. The number of aliphatic hydroxyl groups is 1. The van der Waals surface area contributed by atoms with E-state index in [1.54, 1.807) is 0 Å². The van der Waals surface area contributed by atoms with E-state index in [-0.39, 0.29) is 20.1 Å². The monoisotopic (exact) mass is 470 g/mol. The maximum absolute atomic E-state index is 9.10. The molecule has 92 valence electrons. The van der Waals surface area contributed by atoms with E-state index in [0.29, 0.717) is 4.83 Å². The molecule has 0 aliphatic heterocycles. The highest BCUT2D eigenvalue weighted by molar-refractivity contribution is 9.13. The number of rotatable bonds is 6. The second kappa shape index (κ2) is 6.72. The van der Waals surface area contributed by atoms with E-state index < -0.39 is 0 Å². The molecule has 0 aromatic carbocycles. The fourth-order valence-corrected chi connectivity index (χ4v) is 2.16. The maximum atomic E-state index is 9.10. The minimum absolute atomic E-state index is 0.0635. The molecule has 3 atom stereocenters. The summed E-state index contributed by atoms with van der Waals surface area (Å²) in [5, 5.41) is 9.10. The summed E-state index contributed by atoms with van der Waals surface area (Å²) in [6.45, 7) is 6.54. The Morgan fingerprint density at radius 1 is 1.07 bits per heavy atom. The molecule has 5 heteroatoms. The maximum Gasteiger partial charge on any atom is 0.0569 e. The van der Waals surface area contributed by atoms with Crippen molar-refractivity contribution in [3.63, 3.8) is 0 Å². The molecule has 1 N–H and O–H groups in total. The summed E-state index contributed by atoms with van der Waals surface area (Å²) in [6.07, 6.45) is 2.04. The second-order valence-electron chi connectivity index (χ2n) is 4.50. The van der Waals surface area contributed by atoms with Gasteiger partial charge >= 0.3 is 0 Å². The predicted octanol–water partition coefficient (Wildman–Crippen LogP) is 4.61. The summed E-state index contributed by atoms with van der Waals surface area (Å²) >= 11 is 14.5. The summed E-state index contributed by atoms with van der Waals surface area (Å²) in [7, 11) is 0. The van der Waals surface area contributed by atoms with Gasteiger partial charge < -0.3 is 5.11 Å². The van der Waals surface area contributed by atoms with Crippen LogP contribution in [0.4, 0.5) is 0 Å². The fraction of sp³-hybridized carbons (Fsp3) is 1.00. The van der Waals surface area contributed by atoms with Crippen LogP contribution < -0.4 is 0 Å². The first-order chi connectivity index (χ1) is 6.61. The highest BCUT2D eigenvalue weighted by Gasteiger charge is 2.32. The van der Waals surface area contributed by atoms with Crippen LogP contribution in [0, 0.1) is 0 Å². The molecule has 0 heterocycles. The van der Waals surface area contributed by atoms with E-state index in [9.17, 15) is 0 Å². The smallest absolute Gasteiger partial charge is 0.0569 e. The zero-order valence-electron chi connectivity index (χ0n) is 9.24. The molecule has 0 saturated carbocycles. The summed E-state index contributed by atoms with van der Waals surface area (Å²) < 4.78 is 0.0309. The number of aliphatic hydroxyl groups excluding tert-OH is 1. The first-order valence-corrected chi connectivity index (χ1v) is 8.30. The van der Waals surface area contributed by atoms with E-state index in [2.05, 4.69) is 84.5 Å². The molecule has 0 amide bonds. The Bertz CT molecular complexity index is 188. The van der Waals surface area contributed by atoms with Gasteiger partial charge in [-0.2, -0.15) is 0 Å². The van der Waals surface area contributed by atoms with Crippen LogP contribution in [0.15, 0.2) is 0 Å². The van der Waals surface area contributed by atoms with Gasteiger partial charge in [0.25, 0.3) is 0 Å². The first kappa shape index (κ1) is 16.9. The van der Waals surface area contributed by atoms with Gasteiger partial charge in [0.2, 0.25) is 0 Å². The van der Waals surface area contributed by atoms with Crippen molar-refractivity contribution in [3.05, 3.63) is 0 Å². The fourth-order valence-electron chi connectivity index (χ4n) is 1.10. The van der Waals surface area contributed by atoms with Gasteiger partial charge in [-0.3, -0.25) is 0 Å². The molecule has 0 saturated heterocycles. The molecule has 0 aliphatic rings. The van der Waals surface area contributed by atoms with Crippen molar-refractivity contribution in [2.24, 2.45) is 0 Å². The van der Waals surface area contributed by atoms with Crippen LogP contribution >= 0.6 is 63.7 Å². The lowest BCUT2D eigenvalue weighted by Crippen LogP contribution is -2.34. The van der Waals surface area contributed by atoms with Crippen LogP contribution in [0.25, 0.3) is 0 Å². The molecule has 0 aromatic rings. The van der Waals surface area contributed by atoms with Crippen molar-refractivity contribution in [1.82, 2.24) is 0 Å². The zero-order chi connectivity index (χ0) is 12.3. The number of hydrogen-bond acceptors (Lipinski definition) is 1. The minimum atomic E-state index is -0.0635. The summed E-state index contributed by atoms with van der Waals surface area (Å²) in [5.41, 5.74) is 0. The number of halogens is 4. The van der Waals surface area contributed by atoms with Gasteiger partial charge in [-0.1, -0.05) is 63.7 Å². The predicted molar refractivity (Wildman–Crippen MR) is 82.1 cm³/mol. The molecule has 15 heavy (non-hydrogen) atoms. The van der Waals surface area contributed by atoms with Gasteiger partial charge in [0.15, 0.2) is 0 Å². The third-order valence-corrected chi connectivity index (χ3v) is 8.08. The van der Waals surface area contributed by atoms with Crippen LogP contribution in [0.1, 0.15) is 33.6 Å². The normalized spacial score (nSPS) is 20.8. The van der Waals surface area contributed by atoms with Crippen molar-refractivity contribution in [1.29, 1.82) is 0 Å². The van der Waals surface area contributed by atoms with Crippen molar-refractivity contribution in [3.8, 4) is 0 Å². The molecule has 0 unspecified atom stereocenters. The highest BCUT2D eigenvalue weighted by atomic mass is 79.9. The average molecular weight is 474 g/mol. The topological polar surface area (TPSA) is 20.2 Å². The summed E-state index contributed by atoms with van der Waals surface area (Å²) in [5.74, 6) is 0. The Kier molecular flexibility index (Phi) is 7.56. The lowest BCUT2D eigenvalue weighted by molar-refractivity contribution is 0.278. The van der Waals surface area contributed by atoms with Crippen LogP contribution in [-0.2, 0) is 0 Å². The SMILES string of the molecule is CC(C)(Br)[C@@H](Br)CC[C@](C)(Br)[C@H](Br)CO. The van der Waals surface area contributed by atoms with Gasteiger partial charge in [-0.15, -0.1) is 0 Å². The molecular formula is C10H18Br4O. The van der Waals surface area contributed by atoms with E-state index in [1.807, 2.05) is 0 Å². The molecule has 0 aliphatic carbocycles. The third-order valence-electron chi connectivity index (χ3n) is 2.44. The van der Waals surface area contributed by atoms with E-state index in [4.69, 9.17) is 5.11 Å². The van der Waals surface area contributed by atoms with Crippen LogP contribution in [-0.4, -0.2) is 30.0 Å². The standard InChI is InChI=1S/C10H18Br4O/c1-9(2,13)7(11)4-5-10(3,14)8(12)6-15/h7-8,15H,4-6H2,1-3H3/t7-,8+,10-/m0/s1. The zero-order valence-corrected chi connectivity index (χ0v) is 15.6. The number of alkyl halides is 4. The number of hydrogen-bond donors (Lipinski definition) is 1. The van der Waals surface area contributed by atoms with Crippen molar-refractivity contribution < 1.29 is 5.11 Å². The Labute approximate surface area is 126 Å². The Morgan fingerprint density at radius 3 is 1.87 bits per heavy atom. The van der Waals surface area contributed by atoms with Crippen molar-refractivity contribution >= 4 is 63.7 Å². The summed E-state index contributed by atoms with van der Waals surface area (Å²) in [6, 6.07) is 0. The molecule has 0 aromatic heterocycles. The quantitative estimate of drug-likeness (QED) is 0.558. The molecule has 1 nitrogen and oxygen atoms in total. The third kappa shape index (κ3) is 6.39. The van der Waals surface area contributed by atoms with Gasteiger partial charge in [-0.25, -0.2) is 0 Å². The Balaban J connectivity index is 4.15. The molecule has 0 rings (SSSR count). The van der Waals surface area contributed by atoms with Gasteiger partial charge in [0.05, 0.1) is 11.4 Å². The van der Waals surface area contributed by atoms with Gasteiger partial charge in [0.1, 0.15) is 0 Å². The summed E-state index contributed by atoms with van der Waals surface area (Å²) in [4.78, 5) is 0.503. The molecule has 0 radical (unpaired) electrons.